The maximum Gasteiger partial charge on any atom is 0.404 e. The second kappa shape index (κ2) is 5.73. The Kier molecular flexibility index (Phi) is 4.03. The van der Waals surface area contributed by atoms with Crippen LogP contribution in [-0.4, -0.2) is 30.0 Å². The van der Waals surface area contributed by atoms with E-state index in [1.165, 1.54) is 24.3 Å². The van der Waals surface area contributed by atoms with Crippen LogP contribution in [0.3, 0.4) is 0 Å². The SMILES string of the molecule is O=C(O)N[C@H]1C[C@H](Oc2ccc(OC(F)F)cc2)C1. The lowest BCUT2D eigenvalue weighted by atomic mass is 9.89. The lowest BCUT2D eigenvalue weighted by Gasteiger charge is -2.35. The van der Waals surface area contributed by atoms with Gasteiger partial charge in [0.15, 0.2) is 0 Å². The number of carbonyl (C=O) groups is 1. The van der Waals surface area contributed by atoms with Crippen LogP contribution in [0.2, 0.25) is 0 Å². The van der Waals surface area contributed by atoms with Crippen molar-refractivity contribution >= 4 is 6.09 Å². The monoisotopic (exact) mass is 273 g/mol. The van der Waals surface area contributed by atoms with E-state index >= 15 is 0 Å². The molecular weight excluding hydrogens is 260 g/mol. The molecule has 1 saturated carbocycles. The molecule has 0 radical (unpaired) electrons. The van der Waals surface area contributed by atoms with Crippen LogP contribution in [0.4, 0.5) is 13.6 Å². The lowest BCUT2D eigenvalue weighted by molar-refractivity contribution is -0.0499. The fourth-order valence-corrected chi connectivity index (χ4v) is 1.85. The maximum absolute atomic E-state index is 11.9. The zero-order chi connectivity index (χ0) is 13.8. The molecule has 1 aromatic rings. The summed E-state index contributed by atoms with van der Waals surface area (Å²) in [4.78, 5) is 10.4. The van der Waals surface area contributed by atoms with Gasteiger partial charge in [-0.1, -0.05) is 0 Å². The summed E-state index contributed by atoms with van der Waals surface area (Å²) in [5, 5.41) is 10.9. The molecule has 1 aromatic carbocycles. The molecule has 0 spiro atoms. The largest absolute Gasteiger partial charge is 0.490 e. The van der Waals surface area contributed by atoms with Gasteiger partial charge in [0.05, 0.1) is 0 Å². The molecule has 1 amide bonds. The molecule has 7 heteroatoms. The highest BCUT2D eigenvalue weighted by atomic mass is 19.3. The third kappa shape index (κ3) is 3.97. The van der Waals surface area contributed by atoms with E-state index in [1.54, 1.807) is 0 Å². The van der Waals surface area contributed by atoms with Crippen LogP contribution in [-0.2, 0) is 0 Å². The fourth-order valence-electron chi connectivity index (χ4n) is 1.85. The Labute approximate surface area is 108 Å². The summed E-state index contributed by atoms with van der Waals surface area (Å²) in [5.41, 5.74) is 0. The lowest BCUT2D eigenvalue weighted by Crippen LogP contribution is -2.48. The smallest absolute Gasteiger partial charge is 0.404 e. The quantitative estimate of drug-likeness (QED) is 0.864. The maximum atomic E-state index is 11.9. The molecule has 1 aliphatic carbocycles. The van der Waals surface area contributed by atoms with Crippen molar-refractivity contribution in [3.63, 3.8) is 0 Å². The van der Waals surface area contributed by atoms with Gasteiger partial charge in [0, 0.05) is 18.9 Å². The Morgan fingerprint density at radius 3 is 2.37 bits per heavy atom. The van der Waals surface area contributed by atoms with Crippen LogP contribution in [0.5, 0.6) is 11.5 Å². The van der Waals surface area contributed by atoms with Crippen molar-refractivity contribution in [2.75, 3.05) is 0 Å². The van der Waals surface area contributed by atoms with E-state index in [9.17, 15) is 13.6 Å². The van der Waals surface area contributed by atoms with Crippen molar-refractivity contribution in [1.29, 1.82) is 0 Å². The number of halogens is 2. The van der Waals surface area contributed by atoms with Crippen LogP contribution in [0.1, 0.15) is 12.8 Å². The molecule has 0 bridgehead atoms. The van der Waals surface area contributed by atoms with Gasteiger partial charge < -0.3 is 19.9 Å². The first-order valence-corrected chi connectivity index (χ1v) is 5.74. The van der Waals surface area contributed by atoms with Gasteiger partial charge in [-0.2, -0.15) is 8.78 Å². The number of amides is 1. The van der Waals surface area contributed by atoms with Crippen LogP contribution < -0.4 is 14.8 Å². The third-order valence-electron chi connectivity index (χ3n) is 2.77. The first-order chi connectivity index (χ1) is 9.02. The Balaban J connectivity index is 1.77. The van der Waals surface area contributed by atoms with Crippen molar-refractivity contribution in [2.45, 2.75) is 31.6 Å². The summed E-state index contributed by atoms with van der Waals surface area (Å²) < 4.78 is 33.6. The summed E-state index contributed by atoms with van der Waals surface area (Å²) in [6.45, 7) is -2.85. The van der Waals surface area contributed by atoms with Crippen molar-refractivity contribution in [3.05, 3.63) is 24.3 Å². The minimum atomic E-state index is -2.85. The fraction of sp³-hybridized carbons (Fsp3) is 0.417. The molecule has 0 saturated heterocycles. The first kappa shape index (κ1) is 13.4. The Hall–Kier alpha value is -2.05. The van der Waals surface area contributed by atoms with E-state index in [-0.39, 0.29) is 17.9 Å². The zero-order valence-corrected chi connectivity index (χ0v) is 9.88. The predicted octanol–water partition coefficient (Wildman–Crippen LogP) is 2.47. The van der Waals surface area contributed by atoms with E-state index in [0.717, 1.165) is 0 Å². The zero-order valence-electron chi connectivity index (χ0n) is 9.88. The molecule has 19 heavy (non-hydrogen) atoms. The molecule has 2 rings (SSSR count). The number of hydrogen-bond acceptors (Lipinski definition) is 3. The number of ether oxygens (including phenoxy) is 2. The highest BCUT2D eigenvalue weighted by Gasteiger charge is 2.31. The molecule has 0 aromatic heterocycles. The van der Waals surface area contributed by atoms with E-state index in [0.29, 0.717) is 18.6 Å². The number of hydrogen-bond donors (Lipinski definition) is 2. The van der Waals surface area contributed by atoms with Gasteiger partial charge in [-0.05, 0) is 24.3 Å². The summed E-state index contributed by atoms with van der Waals surface area (Å²) in [6.07, 6.45) is 0.0964. The third-order valence-corrected chi connectivity index (χ3v) is 2.77. The van der Waals surface area contributed by atoms with Crippen molar-refractivity contribution in [3.8, 4) is 11.5 Å². The van der Waals surface area contributed by atoms with Crippen molar-refractivity contribution in [1.82, 2.24) is 5.32 Å². The minimum absolute atomic E-state index is 0.0567. The summed E-state index contributed by atoms with van der Waals surface area (Å²) >= 11 is 0. The Bertz CT molecular complexity index is 432. The summed E-state index contributed by atoms with van der Waals surface area (Å²) in [5.74, 6) is 0.613. The van der Waals surface area contributed by atoms with Gasteiger partial charge in [-0.25, -0.2) is 4.79 Å². The van der Waals surface area contributed by atoms with Gasteiger partial charge >= 0.3 is 12.7 Å². The minimum Gasteiger partial charge on any atom is -0.490 e. The predicted molar refractivity (Wildman–Crippen MR) is 61.7 cm³/mol. The molecule has 0 heterocycles. The van der Waals surface area contributed by atoms with Crippen LogP contribution in [0.15, 0.2) is 24.3 Å². The number of nitrogens with one attached hydrogen (secondary N) is 1. The molecule has 0 aliphatic heterocycles. The molecule has 0 atom stereocenters. The van der Waals surface area contributed by atoms with Gasteiger partial charge in [-0.15, -0.1) is 0 Å². The highest BCUT2D eigenvalue weighted by Crippen LogP contribution is 2.27. The topological polar surface area (TPSA) is 67.8 Å². The number of carboxylic acid groups (broad SMARTS) is 1. The highest BCUT2D eigenvalue weighted by molar-refractivity contribution is 5.65. The molecule has 5 nitrogen and oxygen atoms in total. The van der Waals surface area contributed by atoms with Gasteiger partial charge in [0.25, 0.3) is 0 Å². The van der Waals surface area contributed by atoms with Crippen molar-refractivity contribution in [2.24, 2.45) is 0 Å². The average molecular weight is 273 g/mol. The van der Waals surface area contributed by atoms with E-state index in [2.05, 4.69) is 10.1 Å². The molecule has 1 aliphatic rings. The Morgan fingerprint density at radius 1 is 1.26 bits per heavy atom. The van der Waals surface area contributed by atoms with Crippen molar-refractivity contribution < 1.29 is 28.2 Å². The van der Waals surface area contributed by atoms with E-state index in [1.807, 2.05) is 0 Å². The van der Waals surface area contributed by atoms with E-state index < -0.39 is 12.7 Å². The number of rotatable bonds is 5. The normalized spacial score (nSPS) is 21.6. The number of alkyl halides is 2. The van der Waals surface area contributed by atoms with Gasteiger partial charge in [0.2, 0.25) is 0 Å². The van der Waals surface area contributed by atoms with Crippen LogP contribution >= 0.6 is 0 Å². The standard InChI is InChI=1S/C12H13F2NO4/c13-11(14)19-9-3-1-8(2-4-9)18-10-5-7(6-10)15-12(16)17/h1-4,7,10-11,15H,5-6H2,(H,16,17)/t7-,10-. The second-order valence-electron chi connectivity index (χ2n) is 4.21. The molecule has 104 valence electrons. The van der Waals surface area contributed by atoms with E-state index in [4.69, 9.17) is 9.84 Å². The first-order valence-electron chi connectivity index (χ1n) is 5.74. The van der Waals surface area contributed by atoms with Crippen LogP contribution in [0.25, 0.3) is 0 Å². The van der Waals surface area contributed by atoms with Gasteiger partial charge in [0.1, 0.15) is 17.6 Å². The molecule has 0 unspecified atom stereocenters. The Morgan fingerprint density at radius 2 is 1.84 bits per heavy atom. The summed E-state index contributed by atoms with van der Waals surface area (Å²) in [6, 6.07) is 5.79. The molecule has 1 fully saturated rings. The van der Waals surface area contributed by atoms with Gasteiger partial charge in [-0.3, -0.25) is 0 Å². The second-order valence-corrected chi connectivity index (χ2v) is 4.21. The molecule has 2 N–H and O–H groups in total. The average Bonchev–Trinajstić information content (AvgIpc) is 2.27. The van der Waals surface area contributed by atoms with Crippen LogP contribution in [0, 0.1) is 0 Å². The summed E-state index contributed by atoms with van der Waals surface area (Å²) in [7, 11) is 0. The molecular formula is C12H13F2NO4. The number of benzene rings is 1.